The number of unbranched alkanes of at least 4 members (excludes halogenated alkanes) is 5. The van der Waals surface area contributed by atoms with Crippen LogP contribution in [-0.2, 0) is 18.9 Å². The average Bonchev–Trinajstić information content (AvgIpc) is 3.08. The molecule has 0 saturated carbocycles. The quantitative estimate of drug-likeness (QED) is 0.160. The highest BCUT2D eigenvalue weighted by atomic mass is 17.0. The molecule has 1 atom stereocenters. The smallest absolute Gasteiger partial charge is 0.303 e. The van der Waals surface area contributed by atoms with E-state index in [0.29, 0.717) is 13.2 Å². The van der Waals surface area contributed by atoms with Crippen LogP contribution in [0.25, 0.3) is 0 Å². The minimum absolute atomic E-state index is 0.0615. The highest BCUT2D eigenvalue weighted by Crippen LogP contribution is 2.32. The lowest BCUT2D eigenvalue weighted by Gasteiger charge is -2.26. The average molecular weight is 382 g/mol. The Kier molecular flexibility index (Phi) is 14.7. The van der Waals surface area contributed by atoms with Crippen molar-refractivity contribution >= 4 is 0 Å². The van der Waals surface area contributed by atoms with Gasteiger partial charge in [-0.2, -0.15) is 0 Å². The summed E-state index contributed by atoms with van der Waals surface area (Å²) in [6.07, 6.45) is 19.4. The zero-order valence-corrected chi connectivity index (χ0v) is 17.8. The van der Waals surface area contributed by atoms with Crippen LogP contribution in [0.15, 0.2) is 24.3 Å². The van der Waals surface area contributed by atoms with E-state index < -0.39 is 6.16 Å². The van der Waals surface area contributed by atoms with Crippen molar-refractivity contribution in [3.05, 3.63) is 30.9 Å². The molecule has 0 aromatic carbocycles. The van der Waals surface area contributed by atoms with Gasteiger partial charge in [0.15, 0.2) is 0 Å². The van der Waals surface area contributed by atoms with Crippen molar-refractivity contribution in [3.63, 3.8) is 0 Å². The highest BCUT2D eigenvalue weighted by molar-refractivity contribution is 4.82. The molecule has 1 heterocycles. The molecule has 0 aromatic rings. The van der Waals surface area contributed by atoms with Crippen LogP contribution in [0, 0.1) is 6.61 Å². The fraction of sp³-hybridized carbons (Fsp3) is 0.783. The Labute approximate surface area is 167 Å². The third-order valence-corrected chi connectivity index (χ3v) is 4.43. The third-order valence-electron chi connectivity index (χ3n) is 4.43. The van der Waals surface area contributed by atoms with E-state index in [-0.39, 0.29) is 6.10 Å². The van der Waals surface area contributed by atoms with E-state index in [1.807, 2.05) is 0 Å². The van der Waals surface area contributed by atoms with E-state index in [2.05, 4.69) is 45.1 Å². The number of hydrogen-bond acceptors (Lipinski definition) is 4. The zero-order valence-electron chi connectivity index (χ0n) is 17.8. The van der Waals surface area contributed by atoms with Gasteiger partial charge in [-0.1, -0.05) is 83.6 Å². The Hall–Kier alpha value is -0.680. The van der Waals surface area contributed by atoms with Crippen molar-refractivity contribution in [1.82, 2.24) is 0 Å². The van der Waals surface area contributed by atoms with Gasteiger partial charge in [-0.05, 0) is 32.1 Å². The summed E-state index contributed by atoms with van der Waals surface area (Å²) in [6, 6.07) is 0. The Balaban J connectivity index is 2.37. The minimum Gasteiger partial charge on any atom is -0.303 e. The predicted molar refractivity (Wildman–Crippen MR) is 111 cm³/mol. The first-order chi connectivity index (χ1) is 13.3. The van der Waals surface area contributed by atoms with E-state index in [0.717, 1.165) is 38.5 Å². The van der Waals surface area contributed by atoms with Crippen molar-refractivity contribution < 1.29 is 18.9 Å². The van der Waals surface area contributed by atoms with E-state index in [1.165, 1.54) is 32.1 Å². The van der Waals surface area contributed by atoms with E-state index in [1.54, 1.807) is 6.61 Å². The molecule has 1 unspecified atom stereocenters. The molecule has 157 valence electrons. The summed E-state index contributed by atoms with van der Waals surface area (Å²) in [4.78, 5) is 0. The Morgan fingerprint density at radius 1 is 0.815 bits per heavy atom. The van der Waals surface area contributed by atoms with Gasteiger partial charge in [0, 0.05) is 0 Å². The van der Waals surface area contributed by atoms with Crippen molar-refractivity contribution in [3.8, 4) is 0 Å². The second-order valence-corrected chi connectivity index (χ2v) is 7.00. The lowest BCUT2D eigenvalue weighted by Crippen LogP contribution is -2.38. The number of allylic oxidation sites excluding steroid dienone is 2. The summed E-state index contributed by atoms with van der Waals surface area (Å²) in [5, 5.41) is 0. The topological polar surface area (TPSA) is 36.9 Å². The van der Waals surface area contributed by atoms with Crippen molar-refractivity contribution in [2.24, 2.45) is 0 Å². The first kappa shape index (κ1) is 24.4. The molecule has 1 fully saturated rings. The second kappa shape index (κ2) is 16.3. The molecule has 1 saturated heterocycles. The number of ether oxygens (including phenoxy) is 4. The lowest BCUT2D eigenvalue weighted by molar-refractivity contribution is -0.464. The van der Waals surface area contributed by atoms with Crippen LogP contribution in [0.2, 0.25) is 0 Å². The van der Waals surface area contributed by atoms with Crippen molar-refractivity contribution in [2.45, 2.75) is 104 Å². The summed E-state index contributed by atoms with van der Waals surface area (Å²) < 4.78 is 23.5. The molecule has 1 radical (unpaired) electrons. The highest BCUT2D eigenvalue weighted by Gasteiger charge is 2.45. The van der Waals surface area contributed by atoms with Gasteiger partial charge in [-0.3, -0.25) is 9.47 Å². The molecule has 1 aliphatic rings. The molecule has 4 nitrogen and oxygen atoms in total. The fourth-order valence-corrected chi connectivity index (χ4v) is 2.90. The predicted octanol–water partition coefficient (Wildman–Crippen LogP) is 6.67. The molecule has 4 heteroatoms. The molecule has 0 aromatic heterocycles. The van der Waals surface area contributed by atoms with Gasteiger partial charge in [0.1, 0.15) is 6.61 Å². The molecule has 0 spiro atoms. The monoisotopic (exact) mass is 381 g/mol. The van der Waals surface area contributed by atoms with Crippen LogP contribution in [0.5, 0.6) is 0 Å². The van der Waals surface area contributed by atoms with Gasteiger partial charge < -0.3 is 9.47 Å². The summed E-state index contributed by atoms with van der Waals surface area (Å²) in [7, 11) is 0. The van der Waals surface area contributed by atoms with Gasteiger partial charge in [0.05, 0.1) is 19.3 Å². The van der Waals surface area contributed by atoms with Crippen LogP contribution in [0.3, 0.4) is 0 Å². The van der Waals surface area contributed by atoms with Gasteiger partial charge in [0.25, 0.3) is 0 Å². The summed E-state index contributed by atoms with van der Waals surface area (Å²) in [6.45, 7) is 9.26. The molecule has 0 N–H and O–H groups in total. The maximum atomic E-state index is 6.02. The van der Waals surface area contributed by atoms with Crippen LogP contribution in [0.4, 0.5) is 0 Å². The lowest BCUT2D eigenvalue weighted by atomic mass is 10.1. The van der Waals surface area contributed by atoms with Gasteiger partial charge in [0.2, 0.25) is 0 Å². The van der Waals surface area contributed by atoms with E-state index >= 15 is 0 Å². The standard InChI is InChI=1S/C23H41O4/c1-4-7-10-13-14-15-18-22-21-26-23(27-22,24-19-16-11-8-5-2)25-20-17-12-9-6-3/h8-9,11-12,21-22H,4-7,10,13-20H2,1-3H3/b11-8-,12-9-. The SMILES string of the molecule is CC/C=C\CCOC1(OCC/C=C\CC)O[CH]C(CCCCCCCC)O1. The van der Waals surface area contributed by atoms with Gasteiger partial charge >= 0.3 is 6.16 Å². The summed E-state index contributed by atoms with van der Waals surface area (Å²) in [5.41, 5.74) is 0. The molecule has 0 amide bonds. The third kappa shape index (κ3) is 11.7. The molecule has 1 aliphatic heterocycles. The minimum atomic E-state index is -1.37. The maximum absolute atomic E-state index is 6.02. The maximum Gasteiger partial charge on any atom is 0.413 e. The summed E-state index contributed by atoms with van der Waals surface area (Å²) in [5.74, 6) is 0. The number of rotatable bonds is 17. The number of hydrogen-bond donors (Lipinski definition) is 0. The Morgan fingerprint density at radius 3 is 2.00 bits per heavy atom. The normalized spacial score (nSPS) is 19.6. The second-order valence-electron chi connectivity index (χ2n) is 7.00. The Bertz CT molecular complexity index is 372. The summed E-state index contributed by atoms with van der Waals surface area (Å²) >= 11 is 0. The molecule has 27 heavy (non-hydrogen) atoms. The zero-order chi connectivity index (χ0) is 19.6. The first-order valence-electron chi connectivity index (χ1n) is 11.0. The van der Waals surface area contributed by atoms with E-state index in [4.69, 9.17) is 18.9 Å². The molecular weight excluding hydrogens is 340 g/mol. The largest absolute Gasteiger partial charge is 0.413 e. The van der Waals surface area contributed by atoms with Crippen LogP contribution in [0.1, 0.15) is 91.4 Å². The molecular formula is C23H41O4. The fourth-order valence-electron chi connectivity index (χ4n) is 2.90. The van der Waals surface area contributed by atoms with Gasteiger partial charge in [-0.25, -0.2) is 0 Å². The van der Waals surface area contributed by atoms with Crippen LogP contribution in [-0.4, -0.2) is 25.5 Å². The van der Waals surface area contributed by atoms with Crippen LogP contribution < -0.4 is 0 Å². The van der Waals surface area contributed by atoms with Crippen molar-refractivity contribution in [2.75, 3.05) is 13.2 Å². The van der Waals surface area contributed by atoms with Gasteiger partial charge in [-0.15, -0.1) is 0 Å². The van der Waals surface area contributed by atoms with E-state index in [9.17, 15) is 0 Å². The van der Waals surface area contributed by atoms with Crippen molar-refractivity contribution in [1.29, 1.82) is 0 Å². The molecule has 1 rings (SSSR count). The van der Waals surface area contributed by atoms with Crippen LogP contribution >= 0.6 is 0 Å². The molecule has 0 aliphatic carbocycles. The first-order valence-corrected chi connectivity index (χ1v) is 11.0. The Morgan fingerprint density at radius 2 is 1.41 bits per heavy atom. The molecule has 0 bridgehead atoms.